The van der Waals surface area contributed by atoms with Crippen molar-refractivity contribution in [2.75, 3.05) is 5.32 Å². The zero-order valence-electron chi connectivity index (χ0n) is 12.0. The van der Waals surface area contributed by atoms with Crippen molar-refractivity contribution in [1.29, 1.82) is 0 Å². The molecule has 0 amide bonds. The van der Waals surface area contributed by atoms with Crippen LogP contribution in [0.25, 0.3) is 0 Å². The molecule has 1 aromatic carbocycles. The van der Waals surface area contributed by atoms with Crippen molar-refractivity contribution in [2.24, 2.45) is 5.14 Å². The molecule has 0 aliphatic heterocycles. The van der Waals surface area contributed by atoms with Crippen molar-refractivity contribution in [3.63, 3.8) is 0 Å². The van der Waals surface area contributed by atoms with Crippen LogP contribution in [0.4, 0.5) is 5.69 Å². The van der Waals surface area contributed by atoms with Crippen LogP contribution in [0.15, 0.2) is 36.8 Å². The summed E-state index contributed by atoms with van der Waals surface area (Å²) in [5, 5.41) is 8.31. The van der Waals surface area contributed by atoms with Crippen LogP contribution < -0.4 is 10.5 Å². The smallest absolute Gasteiger partial charge is 0.213 e. The van der Waals surface area contributed by atoms with Crippen LogP contribution in [-0.2, 0) is 28.9 Å². The molecule has 7 heteroatoms. The largest absolute Gasteiger partial charge is 0.379 e. The molecule has 0 bridgehead atoms. The number of primary sulfonamides is 1. The van der Waals surface area contributed by atoms with Crippen LogP contribution in [0.3, 0.4) is 0 Å². The van der Waals surface area contributed by atoms with Crippen LogP contribution in [0.5, 0.6) is 0 Å². The average Bonchev–Trinajstić information content (AvgIpc) is 2.84. The van der Waals surface area contributed by atoms with Crippen molar-refractivity contribution < 1.29 is 8.42 Å². The molecule has 2 aromatic rings. The Morgan fingerprint density at radius 1 is 1.29 bits per heavy atom. The fourth-order valence-electron chi connectivity index (χ4n) is 2.08. The van der Waals surface area contributed by atoms with Gasteiger partial charge in [-0.15, -0.1) is 0 Å². The molecule has 0 spiro atoms. The quantitative estimate of drug-likeness (QED) is 0.814. The van der Waals surface area contributed by atoms with E-state index in [1.54, 1.807) is 12.1 Å². The highest BCUT2D eigenvalue weighted by Gasteiger charge is 2.05. The highest BCUT2D eigenvalue weighted by Crippen LogP contribution is 2.13. The minimum absolute atomic E-state index is 0.142. The Morgan fingerprint density at radius 3 is 2.62 bits per heavy atom. The van der Waals surface area contributed by atoms with Gasteiger partial charge in [-0.1, -0.05) is 19.1 Å². The van der Waals surface area contributed by atoms with Crippen LogP contribution in [0, 0.1) is 0 Å². The maximum atomic E-state index is 11.0. The van der Waals surface area contributed by atoms with E-state index in [-0.39, 0.29) is 5.75 Å². The van der Waals surface area contributed by atoms with E-state index in [0.717, 1.165) is 24.3 Å². The average molecular weight is 308 g/mol. The molecule has 21 heavy (non-hydrogen) atoms. The normalized spacial score (nSPS) is 11.5. The first-order valence-corrected chi connectivity index (χ1v) is 8.52. The number of rotatable bonds is 7. The van der Waals surface area contributed by atoms with Crippen molar-refractivity contribution >= 4 is 15.7 Å². The van der Waals surface area contributed by atoms with E-state index in [1.165, 1.54) is 0 Å². The molecular weight excluding hydrogens is 288 g/mol. The Kier molecular flexibility index (Phi) is 4.98. The molecule has 0 radical (unpaired) electrons. The van der Waals surface area contributed by atoms with Gasteiger partial charge in [-0.3, -0.25) is 0 Å². The van der Waals surface area contributed by atoms with E-state index in [4.69, 9.17) is 5.14 Å². The molecule has 0 unspecified atom stereocenters. The van der Waals surface area contributed by atoms with Crippen molar-refractivity contribution in [1.82, 2.24) is 9.55 Å². The highest BCUT2D eigenvalue weighted by atomic mass is 32.2. The van der Waals surface area contributed by atoms with Gasteiger partial charge in [0.15, 0.2) is 0 Å². The van der Waals surface area contributed by atoms with Crippen LogP contribution in [-0.4, -0.2) is 18.0 Å². The molecule has 114 valence electrons. The van der Waals surface area contributed by atoms with E-state index < -0.39 is 10.0 Å². The fourth-order valence-corrected chi connectivity index (χ4v) is 2.74. The number of hydrogen-bond donors (Lipinski definition) is 2. The Morgan fingerprint density at radius 2 is 2.00 bits per heavy atom. The van der Waals surface area contributed by atoms with E-state index in [9.17, 15) is 8.42 Å². The van der Waals surface area contributed by atoms with E-state index in [1.807, 2.05) is 24.7 Å². The number of nitrogens with one attached hydrogen (secondary N) is 1. The highest BCUT2D eigenvalue weighted by molar-refractivity contribution is 7.88. The predicted molar refractivity (Wildman–Crippen MR) is 83.1 cm³/mol. The minimum atomic E-state index is -3.48. The standard InChI is InChI=1S/C14H20N4O2S/c1-2-7-18-11-16-8-14(18)9-17-13-5-3-12(4-6-13)10-21(15,19)20/h3-6,8,11,17H,2,7,9-10H2,1H3,(H2,15,19,20). The molecule has 1 aromatic heterocycles. The fraction of sp³-hybridized carbons (Fsp3) is 0.357. The van der Waals surface area contributed by atoms with Gasteiger partial charge in [0.25, 0.3) is 0 Å². The van der Waals surface area contributed by atoms with E-state index >= 15 is 0 Å². The molecule has 3 N–H and O–H groups in total. The number of anilines is 1. The van der Waals surface area contributed by atoms with Crippen LogP contribution >= 0.6 is 0 Å². The molecule has 0 saturated heterocycles. The molecule has 0 atom stereocenters. The minimum Gasteiger partial charge on any atom is -0.379 e. The SMILES string of the molecule is CCCn1cncc1CNc1ccc(CS(N)(=O)=O)cc1. The maximum Gasteiger partial charge on any atom is 0.213 e. The molecule has 0 aliphatic carbocycles. The van der Waals surface area contributed by atoms with Gasteiger partial charge < -0.3 is 9.88 Å². The number of aryl methyl sites for hydroxylation is 1. The monoisotopic (exact) mass is 308 g/mol. The molecular formula is C14H20N4O2S. The number of benzene rings is 1. The second-order valence-electron chi connectivity index (χ2n) is 4.94. The summed E-state index contributed by atoms with van der Waals surface area (Å²) in [6, 6.07) is 7.22. The van der Waals surface area contributed by atoms with Crippen molar-refractivity contribution in [2.45, 2.75) is 32.2 Å². The lowest BCUT2D eigenvalue weighted by molar-refractivity contribution is 0.597. The van der Waals surface area contributed by atoms with Crippen LogP contribution in [0.1, 0.15) is 24.6 Å². The molecule has 0 fully saturated rings. The third kappa shape index (κ3) is 4.87. The Balaban J connectivity index is 1.96. The summed E-state index contributed by atoms with van der Waals surface area (Å²) in [6.07, 6.45) is 4.74. The number of sulfonamides is 1. The number of hydrogen-bond acceptors (Lipinski definition) is 4. The zero-order chi connectivity index (χ0) is 15.3. The van der Waals surface area contributed by atoms with Gasteiger partial charge in [-0.2, -0.15) is 0 Å². The Hall–Kier alpha value is -1.86. The Labute approximate surface area is 125 Å². The van der Waals surface area contributed by atoms with E-state index in [0.29, 0.717) is 12.1 Å². The summed E-state index contributed by atoms with van der Waals surface area (Å²) < 4.78 is 24.1. The number of nitrogens with zero attached hydrogens (tertiary/aromatic N) is 2. The maximum absolute atomic E-state index is 11.0. The number of imidazole rings is 1. The Bertz CT molecular complexity index is 677. The third-order valence-electron chi connectivity index (χ3n) is 3.06. The lowest BCUT2D eigenvalue weighted by Gasteiger charge is -2.09. The van der Waals surface area contributed by atoms with Gasteiger partial charge in [-0.05, 0) is 24.1 Å². The van der Waals surface area contributed by atoms with E-state index in [2.05, 4.69) is 21.8 Å². The van der Waals surface area contributed by atoms with Gasteiger partial charge in [-0.25, -0.2) is 18.5 Å². The second-order valence-corrected chi connectivity index (χ2v) is 6.55. The zero-order valence-corrected chi connectivity index (χ0v) is 12.8. The molecule has 1 heterocycles. The lowest BCUT2D eigenvalue weighted by atomic mass is 10.2. The van der Waals surface area contributed by atoms with Gasteiger partial charge in [0.05, 0.1) is 24.3 Å². The molecule has 6 nitrogen and oxygen atoms in total. The third-order valence-corrected chi connectivity index (χ3v) is 3.79. The first kappa shape index (κ1) is 15.5. The van der Waals surface area contributed by atoms with Gasteiger partial charge in [0.2, 0.25) is 10.0 Å². The summed E-state index contributed by atoms with van der Waals surface area (Å²) in [5.74, 6) is -0.142. The molecule has 2 rings (SSSR count). The molecule has 0 saturated carbocycles. The van der Waals surface area contributed by atoms with Gasteiger partial charge in [0.1, 0.15) is 0 Å². The van der Waals surface area contributed by atoms with Crippen LogP contribution in [0.2, 0.25) is 0 Å². The topological polar surface area (TPSA) is 90.0 Å². The lowest BCUT2D eigenvalue weighted by Crippen LogP contribution is -2.14. The summed E-state index contributed by atoms with van der Waals surface area (Å²) in [4.78, 5) is 4.15. The van der Waals surface area contributed by atoms with Crippen molar-refractivity contribution in [3.8, 4) is 0 Å². The van der Waals surface area contributed by atoms with Gasteiger partial charge in [0, 0.05) is 18.4 Å². The summed E-state index contributed by atoms with van der Waals surface area (Å²) in [6.45, 7) is 3.75. The van der Waals surface area contributed by atoms with Gasteiger partial charge >= 0.3 is 0 Å². The summed E-state index contributed by atoms with van der Waals surface area (Å²) in [7, 11) is -3.48. The first-order chi connectivity index (χ1) is 9.98. The second kappa shape index (κ2) is 6.73. The number of nitrogens with two attached hydrogens (primary N) is 1. The number of aromatic nitrogens is 2. The summed E-state index contributed by atoms with van der Waals surface area (Å²) in [5.41, 5.74) is 2.72. The van der Waals surface area contributed by atoms with Crippen molar-refractivity contribution in [3.05, 3.63) is 48.0 Å². The first-order valence-electron chi connectivity index (χ1n) is 6.80. The summed E-state index contributed by atoms with van der Waals surface area (Å²) >= 11 is 0. The molecule has 0 aliphatic rings. The predicted octanol–water partition coefficient (Wildman–Crippen LogP) is 1.69.